The molecule has 0 amide bonds. The lowest BCUT2D eigenvalue weighted by molar-refractivity contribution is 0.627. The molecule has 0 bridgehead atoms. The van der Waals surface area contributed by atoms with E-state index in [2.05, 4.69) is 4.98 Å². The van der Waals surface area contributed by atoms with E-state index in [1.54, 1.807) is 12.3 Å². The Labute approximate surface area is 112 Å². The zero-order valence-corrected chi connectivity index (χ0v) is 11.2. The summed E-state index contributed by atoms with van der Waals surface area (Å²) in [6.07, 6.45) is 1.73. The summed E-state index contributed by atoms with van der Waals surface area (Å²) in [7, 11) is 0. The minimum Gasteiger partial charge on any atom is -0.327 e. The normalized spacial score (nSPS) is 12.2. The average Bonchev–Trinajstić information content (AvgIpc) is 2.40. The van der Waals surface area contributed by atoms with E-state index in [1.807, 2.05) is 36.9 Å². The van der Waals surface area contributed by atoms with Crippen LogP contribution in [0.2, 0.25) is 0 Å². The van der Waals surface area contributed by atoms with Crippen LogP contribution in [0.4, 0.5) is 15.9 Å². The highest BCUT2D eigenvalue weighted by Crippen LogP contribution is 2.25. The van der Waals surface area contributed by atoms with Crippen molar-refractivity contribution in [2.45, 2.75) is 19.9 Å². The van der Waals surface area contributed by atoms with Crippen molar-refractivity contribution in [2.75, 3.05) is 11.4 Å². The second kappa shape index (κ2) is 5.80. The molecular weight excluding hydrogens is 241 g/mol. The predicted molar refractivity (Wildman–Crippen MR) is 75.9 cm³/mol. The van der Waals surface area contributed by atoms with Gasteiger partial charge in [-0.3, -0.25) is 0 Å². The van der Waals surface area contributed by atoms with Crippen LogP contribution in [0.5, 0.6) is 0 Å². The molecule has 0 aliphatic carbocycles. The van der Waals surface area contributed by atoms with Crippen LogP contribution in [0, 0.1) is 5.82 Å². The number of benzene rings is 1. The van der Waals surface area contributed by atoms with Gasteiger partial charge in [-0.2, -0.15) is 0 Å². The molecule has 2 aromatic rings. The van der Waals surface area contributed by atoms with Crippen molar-refractivity contribution >= 4 is 11.5 Å². The van der Waals surface area contributed by atoms with Crippen LogP contribution in [0.15, 0.2) is 42.6 Å². The van der Waals surface area contributed by atoms with Crippen molar-refractivity contribution in [3.05, 3.63) is 54.0 Å². The summed E-state index contributed by atoms with van der Waals surface area (Å²) >= 11 is 0. The van der Waals surface area contributed by atoms with E-state index in [9.17, 15) is 4.39 Å². The van der Waals surface area contributed by atoms with Crippen molar-refractivity contribution in [3.63, 3.8) is 0 Å². The quantitative estimate of drug-likeness (QED) is 0.915. The summed E-state index contributed by atoms with van der Waals surface area (Å²) < 4.78 is 13.3. The van der Waals surface area contributed by atoms with E-state index in [0.29, 0.717) is 6.54 Å². The van der Waals surface area contributed by atoms with Crippen LogP contribution >= 0.6 is 0 Å². The molecule has 2 N–H and O–H groups in total. The van der Waals surface area contributed by atoms with Crippen LogP contribution in [-0.2, 0) is 0 Å². The zero-order valence-electron chi connectivity index (χ0n) is 11.2. The standard InChI is InChI=1S/C15H18FN3/c1-3-19(14-6-4-5-13(16)10-14)15-9-12(11(2)17)7-8-18-15/h4-11H,3,17H2,1-2H3. The molecule has 19 heavy (non-hydrogen) atoms. The van der Waals surface area contributed by atoms with E-state index >= 15 is 0 Å². The van der Waals surface area contributed by atoms with Crippen LogP contribution in [0.1, 0.15) is 25.5 Å². The number of pyridine rings is 1. The molecule has 0 aliphatic rings. The smallest absolute Gasteiger partial charge is 0.133 e. The second-order valence-corrected chi connectivity index (χ2v) is 4.46. The first kappa shape index (κ1) is 13.5. The molecule has 1 aromatic heterocycles. The Morgan fingerprint density at radius 2 is 2.11 bits per heavy atom. The largest absolute Gasteiger partial charge is 0.327 e. The Kier molecular flexibility index (Phi) is 4.12. The number of anilines is 2. The minimum absolute atomic E-state index is 0.0482. The van der Waals surface area contributed by atoms with E-state index < -0.39 is 0 Å². The van der Waals surface area contributed by atoms with Gasteiger partial charge in [-0.1, -0.05) is 6.07 Å². The van der Waals surface area contributed by atoms with Crippen LogP contribution in [0.25, 0.3) is 0 Å². The van der Waals surface area contributed by atoms with Gasteiger partial charge in [-0.05, 0) is 49.7 Å². The summed E-state index contributed by atoms with van der Waals surface area (Å²) in [5, 5.41) is 0. The van der Waals surface area contributed by atoms with Gasteiger partial charge >= 0.3 is 0 Å². The van der Waals surface area contributed by atoms with E-state index in [1.165, 1.54) is 12.1 Å². The van der Waals surface area contributed by atoms with Gasteiger partial charge in [0.2, 0.25) is 0 Å². The predicted octanol–water partition coefficient (Wildman–Crippen LogP) is 3.40. The van der Waals surface area contributed by atoms with Gasteiger partial charge in [0.1, 0.15) is 11.6 Å². The number of rotatable bonds is 4. The lowest BCUT2D eigenvalue weighted by atomic mass is 10.1. The number of hydrogen-bond acceptors (Lipinski definition) is 3. The molecule has 0 fully saturated rings. The van der Waals surface area contributed by atoms with Crippen molar-refractivity contribution in [1.29, 1.82) is 0 Å². The average molecular weight is 259 g/mol. The fraction of sp³-hybridized carbons (Fsp3) is 0.267. The molecule has 2 rings (SSSR count). The Hall–Kier alpha value is -1.94. The first-order valence-electron chi connectivity index (χ1n) is 6.36. The first-order valence-corrected chi connectivity index (χ1v) is 6.36. The van der Waals surface area contributed by atoms with Crippen LogP contribution in [0.3, 0.4) is 0 Å². The minimum atomic E-state index is -0.251. The molecule has 100 valence electrons. The highest BCUT2D eigenvalue weighted by Gasteiger charge is 2.10. The first-order chi connectivity index (χ1) is 9.11. The topological polar surface area (TPSA) is 42.1 Å². The van der Waals surface area contributed by atoms with Gasteiger partial charge < -0.3 is 10.6 Å². The maximum Gasteiger partial charge on any atom is 0.133 e. The highest BCUT2D eigenvalue weighted by atomic mass is 19.1. The van der Waals surface area contributed by atoms with Crippen molar-refractivity contribution in [2.24, 2.45) is 5.73 Å². The monoisotopic (exact) mass is 259 g/mol. The lowest BCUT2D eigenvalue weighted by Gasteiger charge is -2.23. The Morgan fingerprint density at radius 3 is 2.74 bits per heavy atom. The van der Waals surface area contributed by atoms with Gasteiger partial charge in [0.25, 0.3) is 0 Å². The van der Waals surface area contributed by atoms with E-state index in [-0.39, 0.29) is 11.9 Å². The molecule has 3 nitrogen and oxygen atoms in total. The number of halogens is 1. The van der Waals surface area contributed by atoms with Crippen LogP contribution in [-0.4, -0.2) is 11.5 Å². The molecule has 0 radical (unpaired) electrons. The lowest BCUT2D eigenvalue weighted by Crippen LogP contribution is -2.18. The summed E-state index contributed by atoms with van der Waals surface area (Å²) in [5.74, 6) is 0.530. The maximum absolute atomic E-state index is 13.3. The molecule has 1 aromatic carbocycles. The third kappa shape index (κ3) is 3.09. The molecule has 0 spiro atoms. The maximum atomic E-state index is 13.3. The Morgan fingerprint density at radius 1 is 1.32 bits per heavy atom. The fourth-order valence-electron chi connectivity index (χ4n) is 1.99. The number of aromatic nitrogens is 1. The van der Waals surface area contributed by atoms with Crippen molar-refractivity contribution in [3.8, 4) is 0 Å². The highest BCUT2D eigenvalue weighted by molar-refractivity contribution is 5.60. The molecule has 0 aliphatic heterocycles. The SMILES string of the molecule is CCN(c1cccc(F)c1)c1cc(C(C)N)ccn1. The number of hydrogen-bond donors (Lipinski definition) is 1. The number of nitrogens with zero attached hydrogens (tertiary/aromatic N) is 2. The Bertz CT molecular complexity index is 555. The zero-order chi connectivity index (χ0) is 13.8. The van der Waals surface area contributed by atoms with Gasteiger partial charge in [0, 0.05) is 24.5 Å². The van der Waals surface area contributed by atoms with Crippen LogP contribution < -0.4 is 10.6 Å². The van der Waals surface area contributed by atoms with Gasteiger partial charge in [0.05, 0.1) is 0 Å². The van der Waals surface area contributed by atoms with Gasteiger partial charge in [0.15, 0.2) is 0 Å². The van der Waals surface area contributed by atoms with Gasteiger partial charge in [-0.15, -0.1) is 0 Å². The summed E-state index contributed by atoms with van der Waals surface area (Å²) in [6.45, 7) is 4.64. The van der Waals surface area contributed by atoms with Crippen molar-refractivity contribution < 1.29 is 4.39 Å². The number of nitrogens with two attached hydrogens (primary N) is 1. The summed E-state index contributed by atoms with van der Waals surface area (Å²) in [6, 6.07) is 10.3. The Balaban J connectivity index is 2.39. The van der Waals surface area contributed by atoms with Gasteiger partial charge in [-0.25, -0.2) is 9.37 Å². The van der Waals surface area contributed by atoms with E-state index in [0.717, 1.165) is 17.1 Å². The molecule has 1 atom stereocenters. The van der Waals surface area contributed by atoms with Crippen molar-refractivity contribution in [1.82, 2.24) is 4.98 Å². The molecule has 0 saturated carbocycles. The molecule has 4 heteroatoms. The third-order valence-electron chi connectivity index (χ3n) is 3.01. The molecule has 1 unspecified atom stereocenters. The molecular formula is C15H18FN3. The molecule has 0 saturated heterocycles. The summed E-state index contributed by atoms with van der Waals surface area (Å²) in [4.78, 5) is 6.30. The molecule has 1 heterocycles. The fourth-order valence-corrected chi connectivity index (χ4v) is 1.99. The second-order valence-electron chi connectivity index (χ2n) is 4.46. The summed E-state index contributed by atoms with van der Waals surface area (Å²) in [5.41, 5.74) is 7.68. The third-order valence-corrected chi connectivity index (χ3v) is 3.01. The van der Waals surface area contributed by atoms with E-state index in [4.69, 9.17) is 5.73 Å².